The SMILES string of the molecule is COCc1cc(CNC(=O)c2cccc(C3CCCNC3)c2)[nH]n1. The van der Waals surface area contributed by atoms with Gasteiger partial charge in [0, 0.05) is 19.2 Å². The van der Waals surface area contributed by atoms with Crippen molar-refractivity contribution in [3.63, 3.8) is 0 Å². The van der Waals surface area contributed by atoms with Crippen molar-refractivity contribution in [1.29, 1.82) is 0 Å². The van der Waals surface area contributed by atoms with Crippen molar-refractivity contribution in [2.75, 3.05) is 20.2 Å². The predicted molar refractivity (Wildman–Crippen MR) is 91.8 cm³/mol. The van der Waals surface area contributed by atoms with Crippen molar-refractivity contribution in [3.8, 4) is 0 Å². The van der Waals surface area contributed by atoms with Gasteiger partial charge >= 0.3 is 0 Å². The maximum atomic E-state index is 12.4. The maximum absolute atomic E-state index is 12.4. The van der Waals surface area contributed by atoms with Gasteiger partial charge in [-0.2, -0.15) is 5.10 Å². The molecular weight excluding hydrogens is 304 g/mol. The number of carbonyl (C=O) groups excluding carboxylic acids is 1. The number of amides is 1. The molecule has 2 heterocycles. The molecule has 2 aromatic rings. The highest BCUT2D eigenvalue weighted by atomic mass is 16.5. The highest BCUT2D eigenvalue weighted by molar-refractivity contribution is 5.94. The zero-order valence-corrected chi connectivity index (χ0v) is 14.0. The molecule has 1 aliphatic rings. The molecule has 3 rings (SSSR count). The molecule has 1 fully saturated rings. The van der Waals surface area contributed by atoms with Crippen LogP contribution in [0.4, 0.5) is 0 Å². The Labute approximate surface area is 142 Å². The van der Waals surface area contributed by atoms with Gasteiger partial charge in [0.2, 0.25) is 0 Å². The van der Waals surface area contributed by atoms with E-state index in [0.29, 0.717) is 24.6 Å². The lowest BCUT2D eigenvalue weighted by Gasteiger charge is -2.23. The second-order valence-corrected chi connectivity index (χ2v) is 6.17. The Morgan fingerprint density at radius 3 is 3.12 bits per heavy atom. The van der Waals surface area contributed by atoms with E-state index in [1.807, 2.05) is 24.3 Å². The lowest BCUT2D eigenvalue weighted by molar-refractivity contribution is 0.0950. The van der Waals surface area contributed by atoms with Gasteiger partial charge in [0.25, 0.3) is 5.91 Å². The van der Waals surface area contributed by atoms with E-state index in [-0.39, 0.29) is 5.91 Å². The first kappa shape index (κ1) is 16.7. The van der Waals surface area contributed by atoms with Crippen LogP contribution in [-0.2, 0) is 17.9 Å². The van der Waals surface area contributed by atoms with Crippen LogP contribution in [0.15, 0.2) is 30.3 Å². The number of H-pyrrole nitrogens is 1. The van der Waals surface area contributed by atoms with E-state index >= 15 is 0 Å². The highest BCUT2D eigenvalue weighted by Crippen LogP contribution is 2.23. The second kappa shape index (κ2) is 8.08. The largest absolute Gasteiger partial charge is 0.378 e. The van der Waals surface area contributed by atoms with E-state index in [9.17, 15) is 4.79 Å². The monoisotopic (exact) mass is 328 g/mol. The minimum absolute atomic E-state index is 0.0662. The first-order valence-corrected chi connectivity index (χ1v) is 8.37. The molecule has 1 amide bonds. The van der Waals surface area contributed by atoms with Gasteiger partial charge in [0.1, 0.15) is 0 Å². The van der Waals surface area contributed by atoms with Crippen molar-refractivity contribution in [1.82, 2.24) is 20.8 Å². The number of aromatic amines is 1. The molecule has 1 aromatic heterocycles. The number of nitrogens with zero attached hydrogens (tertiary/aromatic N) is 1. The number of rotatable bonds is 6. The third-order valence-electron chi connectivity index (χ3n) is 4.33. The van der Waals surface area contributed by atoms with Gasteiger partial charge in [-0.15, -0.1) is 0 Å². The Balaban J connectivity index is 1.59. The second-order valence-electron chi connectivity index (χ2n) is 6.17. The van der Waals surface area contributed by atoms with Gasteiger partial charge in [-0.25, -0.2) is 0 Å². The van der Waals surface area contributed by atoms with Gasteiger partial charge in [0.05, 0.1) is 24.5 Å². The topological polar surface area (TPSA) is 79.0 Å². The number of methoxy groups -OCH3 is 1. The minimum Gasteiger partial charge on any atom is -0.378 e. The van der Waals surface area contributed by atoms with E-state index in [1.165, 1.54) is 18.4 Å². The number of ether oxygens (including phenoxy) is 1. The summed E-state index contributed by atoms with van der Waals surface area (Å²) >= 11 is 0. The van der Waals surface area contributed by atoms with Crippen LogP contribution >= 0.6 is 0 Å². The molecule has 0 saturated carbocycles. The van der Waals surface area contributed by atoms with Crippen molar-refractivity contribution in [3.05, 3.63) is 52.8 Å². The summed E-state index contributed by atoms with van der Waals surface area (Å²) in [6, 6.07) is 9.84. The molecular formula is C18H24N4O2. The number of nitrogens with one attached hydrogen (secondary N) is 3. The molecule has 1 aliphatic heterocycles. The summed E-state index contributed by atoms with van der Waals surface area (Å²) in [5.74, 6) is 0.430. The normalized spacial score (nSPS) is 17.6. The van der Waals surface area contributed by atoms with E-state index < -0.39 is 0 Å². The predicted octanol–water partition coefficient (Wildman–Crippen LogP) is 1.95. The van der Waals surface area contributed by atoms with Gasteiger partial charge in [0.15, 0.2) is 0 Å². The average Bonchev–Trinajstić information content (AvgIpc) is 3.08. The fourth-order valence-corrected chi connectivity index (χ4v) is 3.07. The summed E-state index contributed by atoms with van der Waals surface area (Å²) in [6.07, 6.45) is 2.36. The molecule has 6 nitrogen and oxygen atoms in total. The van der Waals surface area contributed by atoms with E-state index in [2.05, 4.69) is 26.9 Å². The Hall–Kier alpha value is -2.18. The van der Waals surface area contributed by atoms with Gasteiger partial charge < -0.3 is 15.4 Å². The lowest BCUT2D eigenvalue weighted by atomic mass is 9.90. The fourth-order valence-electron chi connectivity index (χ4n) is 3.07. The minimum atomic E-state index is -0.0662. The Morgan fingerprint density at radius 1 is 1.42 bits per heavy atom. The molecule has 1 saturated heterocycles. The van der Waals surface area contributed by atoms with Crippen molar-refractivity contribution >= 4 is 5.91 Å². The number of carbonyl (C=O) groups is 1. The molecule has 1 atom stereocenters. The van der Waals surface area contributed by atoms with Crippen LogP contribution in [-0.4, -0.2) is 36.3 Å². The molecule has 1 aromatic carbocycles. The molecule has 24 heavy (non-hydrogen) atoms. The third-order valence-corrected chi connectivity index (χ3v) is 4.33. The molecule has 0 bridgehead atoms. The first-order chi connectivity index (χ1) is 11.8. The molecule has 0 spiro atoms. The van der Waals surface area contributed by atoms with Gasteiger partial charge in [-0.3, -0.25) is 9.89 Å². The average molecular weight is 328 g/mol. The van der Waals surface area contributed by atoms with Crippen LogP contribution < -0.4 is 10.6 Å². The third kappa shape index (κ3) is 4.21. The van der Waals surface area contributed by atoms with Crippen LogP contribution in [0.2, 0.25) is 0 Å². The molecule has 3 N–H and O–H groups in total. The summed E-state index contributed by atoms with van der Waals surface area (Å²) < 4.78 is 5.03. The fraction of sp³-hybridized carbons (Fsp3) is 0.444. The van der Waals surface area contributed by atoms with Crippen LogP contribution in [0.1, 0.15) is 46.1 Å². The van der Waals surface area contributed by atoms with Crippen molar-refractivity contribution in [2.45, 2.75) is 31.9 Å². The molecule has 6 heteroatoms. The van der Waals surface area contributed by atoms with Crippen molar-refractivity contribution in [2.24, 2.45) is 0 Å². The number of hydrogen-bond acceptors (Lipinski definition) is 4. The Morgan fingerprint density at radius 2 is 2.33 bits per heavy atom. The van der Waals surface area contributed by atoms with Crippen LogP contribution in [0.25, 0.3) is 0 Å². The van der Waals surface area contributed by atoms with E-state index in [0.717, 1.165) is 24.5 Å². The quantitative estimate of drug-likeness (QED) is 0.757. The zero-order valence-electron chi connectivity index (χ0n) is 14.0. The van der Waals surface area contributed by atoms with Crippen LogP contribution in [0.5, 0.6) is 0 Å². The van der Waals surface area contributed by atoms with Crippen LogP contribution in [0.3, 0.4) is 0 Å². The number of piperidine rings is 1. The summed E-state index contributed by atoms with van der Waals surface area (Å²) in [4.78, 5) is 12.4. The van der Waals surface area contributed by atoms with Crippen LogP contribution in [0, 0.1) is 0 Å². The van der Waals surface area contributed by atoms with Crippen molar-refractivity contribution < 1.29 is 9.53 Å². The number of hydrogen-bond donors (Lipinski definition) is 3. The summed E-state index contributed by atoms with van der Waals surface area (Å²) in [6.45, 7) is 2.96. The Bertz CT molecular complexity index is 677. The van der Waals surface area contributed by atoms with Gasteiger partial charge in [-0.1, -0.05) is 12.1 Å². The molecule has 0 aliphatic carbocycles. The molecule has 128 valence electrons. The summed E-state index contributed by atoms with van der Waals surface area (Å²) in [7, 11) is 1.63. The van der Waals surface area contributed by atoms with Gasteiger partial charge in [-0.05, 0) is 49.1 Å². The standard InChI is InChI=1S/C18H24N4O2/c1-24-12-17-9-16(21-22-17)11-20-18(23)14-5-2-4-13(8-14)15-6-3-7-19-10-15/h2,4-5,8-9,15,19H,3,6-7,10-12H2,1H3,(H,20,23)(H,21,22). The highest BCUT2D eigenvalue weighted by Gasteiger charge is 2.16. The number of aromatic nitrogens is 2. The van der Waals surface area contributed by atoms with E-state index in [1.54, 1.807) is 7.11 Å². The molecule has 1 unspecified atom stereocenters. The zero-order chi connectivity index (χ0) is 16.8. The molecule has 0 radical (unpaired) electrons. The maximum Gasteiger partial charge on any atom is 0.251 e. The van der Waals surface area contributed by atoms with E-state index in [4.69, 9.17) is 4.74 Å². The summed E-state index contributed by atoms with van der Waals surface area (Å²) in [5, 5.41) is 13.4. The Kier molecular flexibility index (Phi) is 5.61. The summed E-state index contributed by atoms with van der Waals surface area (Å²) in [5.41, 5.74) is 3.63. The number of benzene rings is 1. The first-order valence-electron chi connectivity index (χ1n) is 8.37. The smallest absolute Gasteiger partial charge is 0.251 e. The lowest BCUT2D eigenvalue weighted by Crippen LogP contribution is -2.28.